The number of alkyl halides is 2. The summed E-state index contributed by atoms with van der Waals surface area (Å²) in [5.74, 6) is -11.6. The zero-order valence-corrected chi connectivity index (χ0v) is 23.3. The summed E-state index contributed by atoms with van der Waals surface area (Å²) in [6, 6.07) is 15.2. The van der Waals surface area contributed by atoms with Crippen LogP contribution >= 0.6 is 0 Å². The van der Waals surface area contributed by atoms with Crippen LogP contribution in [0.4, 0.5) is 39.5 Å². The highest BCUT2D eigenvalue weighted by molar-refractivity contribution is 5.72. The number of hydrogen-bond donors (Lipinski definition) is 0. The molecule has 5 aromatic carbocycles. The highest BCUT2D eigenvalue weighted by atomic mass is 19.3. The van der Waals surface area contributed by atoms with Crippen LogP contribution in [0, 0.1) is 40.7 Å². The van der Waals surface area contributed by atoms with Crippen LogP contribution in [-0.4, -0.2) is 0 Å². The van der Waals surface area contributed by atoms with E-state index in [2.05, 4.69) is 4.74 Å². The summed E-state index contributed by atoms with van der Waals surface area (Å²) < 4.78 is 134. The highest BCUT2D eigenvalue weighted by Gasteiger charge is 2.41. The van der Waals surface area contributed by atoms with Crippen LogP contribution in [-0.2, 0) is 6.11 Å². The minimum Gasteiger partial charge on any atom is -0.429 e. The van der Waals surface area contributed by atoms with Gasteiger partial charge >= 0.3 is 6.11 Å². The molecule has 0 bridgehead atoms. The molecule has 0 spiro atoms. The zero-order chi connectivity index (χ0) is 32.5. The maximum atomic E-state index is 15.1. The Morgan fingerprint density at radius 3 is 1.58 bits per heavy atom. The fourth-order valence-electron chi connectivity index (χ4n) is 4.68. The van der Waals surface area contributed by atoms with Gasteiger partial charge in [-0.15, -0.1) is 0 Å². The molecule has 0 aliphatic carbocycles. The summed E-state index contributed by atoms with van der Waals surface area (Å²) in [6.45, 7) is 2.00. The van der Waals surface area contributed by atoms with E-state index in [1.807, 2.05) is 31.2 Å². The normalized spacial score (nSPS) is 11.8. The van der Waals surface area contributed by atoms with Gasteiger partial charge in [0.25, 0.3) is 0 Å². The summed E-state index contributed by atoms with van der Waals surface area (Å²) in [5, 5.41) is 0. The molecule has 5 aromatic rings. The van der Waals surface area contributed by atoms with Crippen LogP contribution in [0.25, 0.3) is 39.5 Å². The molecule has 0 radical (unpaired) electrons. The predicted molar refractivity (Wildman–Crippen MR) is 153 cm³/mol. The lowest BCUT2D eigenvalue weighted by Gasteiger charge is -2.20. The third kappa shape index (κ3) is 6.60. The summed E-state index contributed by atoms with van der Waals surface area (Å²) >= 11 is 0. The van der Waals surface area contributed by atoms with Gasteiger partial charge in [0.1, 0.15) is 34.6 Å². The third-order valence-electron chi connectivity index (χ3n) is 6.88. The van der Waals surface area contributed by atoms with Crippen molar-refractivity contribution in [3.63, 3.8) is 0 Å². The molecule has 0 aliphatic rings. The van der Waals surface area contributed by atoms with Gasteiger partial charge < -0.3 is 4.74 Å². The van der Waals surface area contributed by atoms with E-state index in [-0.39, 0.29) is 11.1 Å². The van der Waals surface area contributed by atoms with Crippen molar-refractivity contribution in [3.8, 4) is 39.1 Å². The molecule has 0 aromatic heterocycles. The molecule has 0 amide bonds. The largest absolute Gasteiger partial charge is 0.432 e. The number of benzene rings is 5. The molecule has 0 heterocycles. The van der Waals surface area contributed by atoms with Crippen LogP contribution in [0.2, 0.25) is 0 Å². The van der Waals surface area contributed by atoms with E-state index in [9.17, 15) is 35.1 Å². The minimum atomic E-state index is -4.67. The molecule has 0 fully saturated rings. The van der Waals surface area contributed by atoms with Crippen molar-refractivity contribution >= 4 is 6.08 Å². The Bertz CT molecular complexity index is 1870. The Balaban J connectivity index is 1.39. The maximum absolute atomic E-state index is 15.1. The SMILES string of the molecule is CCC=Cc1ccc(-c2ccc(-c3cc(F)c(C(F)(F)Oc4ccc(-c5cc(F)c(F)c(F)c5)c(F)c4)c(F)c3)c(F)c2)cc1. The Hall–Kier alpha value is -4.99. The van der Waals surface area contributed by atoms with E-state index >= 15 is 4.39 Å². The molecule has 10 heteroatoms. The minimum absolute atomic E-state index is 0.249. The van der Waals surface area contributed by atoms with Gasteiger partial charge in [0.15, 0.2) is 17.5 Å². The summed E-state index contributed by atoms with van der Waals surface area (Å²) in [7, 11) is 0. The summed E-state index contributed by atoms with van der Waals surface area (Å²) in [5.41, 5.74) is -1.23. The fourth-order valence-corrected chi connectivity index (χ4v) is 4.68. The molecule has 0 saturated heterocycles. The van der Waals surface area contributed by atoms with E-state index in [0.29, 0.717) is 41.5 Å². The van der Waals surface area contributed by atoms with E-state index in [1.165, 1.54) is 12.1 Å². The van der Waals surface area contributed by atoms with Crippen LogP contribution in [0.15, 0.2) is 91.0 Å². The molecule has 0 atom stereocenters. The molecule has 5 rings (SSSR count). The number of allylic oxidation sites excluding steroid dienone is 1. The molecule has 1 nitrogen and oxygen atoms in total. The smallest absolute Gasteiger partial charge is 0.429 e. The Kier molecular flexibility index (Phi) is 8.77. The average molecular weight is 629 g/mol. The second kappa shape index (κ2) is 12.6. The molecule has 0 saturated carbocycles. The molecule has 0 aliphatic heterocycles. The zero-order valence-electron chi connectivity index (χ0n) is 23.3. The van der Waals surface area contributed by atoms with Gasteiger partial charge in [0.05, 0.1) is 0 Å². The van der Waals surface area contributed by atoms with Crippen molar-refractivity contribution in [1.29, 1.82) is 0 Å². The number of ether oxygens (including phenoxy) is 1. The first-order valence-electron chi connectivity index (χ1n) is 13.5. The van der Waals surface area contributed by atoms with Crippen molar-refractivity contribution in [2.75, 3.05) is 0 Å². The molecular weight excluding hydrogens is 607 g/mol. The monoisotopic (exact) mass is 628 g/mol. The van der Waals surface area contributed by atoms with Gasteiger partial charge in [-0.25, -0.2) is 30.7 Å². The lowest BCUT2D eigenvalue weighted by atomic mass is 9.97. The average Bonchev–Trinajstić information content (AvgIpc) is 2.98. The number of halogens is 9. The third-order valence-corrected chi connectivity index (χ3v) is 6.88. The second-order valence-electron chi connectivity index (χ2n) is 9.96. The van der Waals surface area contributed by atoms with Crippen molar-refractivity contribution < 1.29 is 44.3 Å². The second-order valence-corrected chi connectivity index (χ2v) is 9.96. The van der Waals surface area contributed by atoms with Crippen LogP contribution in [0.5, 0.6) is 5.75 Å². The fraction of sp³-hybridized carbons (Fsp3) is 0.0857. The number of hydrogen-bond acceptors (Lipinski definition) is 1. The molecular formula is C35H21F9O. The molecule has 0 unspecified atom stereocenters. The van der Waals surface area contributed by atoms with Gasteiger partial charge in [-0.1, -0.05) is 55.5 Å². The van der Waals surface area contributed by atoms with E-state index in [1.54, 1.807) is 12.1 Å². The Morgan fingerprint density at radius 2 is 1.04 bits per heavy atom. The van der Waals surface area contributed by atoms with Crippen molar-refractivity contribution in [1.82, 2.24) is 0 Å². The predicted octanol–water partition coefficient (Wildman–Crippen LogP) is 11.2. The van der Waals surface area contributed by atoms with Crippen molar-refractivity contribution in [2.45, 2.75) is 19.5 Å². The lowest BCUT2D eigenvalue weighted by molar-refractivity contribution is -0.189. The highest BCUT2D eigenvalue weighted by Crippen LogP contribution is 2.39. The standard InChI is InChI=1S/C35H21F9O/c1-2-3-4-19-5-7-20(8-6-19)21-9-11-25(27(36)13-21)22-14-29(38)33(30(39)15-22)35(43,44)45-24-10-12-26(28(37)18-24)23-16-31(40)34(42)32(41)17-23/h3-18H,2H2,1H3. The van der Waals surface area contributed by atoms with Gasteiger partial charge in [-0.05, 0) is 76.7 Å². The molecule has 45 heavy (non-hydrogen) atoms. The quantitative estimate of drug-likeness (QED) is 0.123. The van der Waals surface area contributed by atoms with E-state index in [0.717, 1.165) is 30.2 Å². The van der Waals surface area contributed by atoms with Crippen molar-refractivity contribution in [2.24, 2.45) is 0 Å². The van der Waals surface area contributed by atoms with Gasteiger partial charge in [-0.2, -0.15) is 8.78 Å². The lowest BCUT2D eigenvalue weighted by Crippen LogP contribution is -2.25. The maximum Gasteiger partial charge on any atom is 0.432 e. The van der Waals surface area contributed by atoms with Crippen molar-refractivity contribution in [3.05, 3.63) is 143 Å². The summed E-state index contributed by atoms with van der Waals surface area (Å²) in [6.07, 6.45) is 0.113. The first-order valence-corrected chi connectivity index (χ1v) is 13.5. The number of rotatable bonds is 8. The topological polar surface area (TPSA) is 9.23 Å². The summed E-state index contributed by atoms with van der Waals surface area (Å²) in [4.78, 5) is 0. The van der Waals surface area contributed by atoms with Gasteiger partial charge in [0, 0.05) is 17.2 Å². The van der Waals surface area contributed by atoms with Crippen LogP contribution < -0.4 is 4.74 Å². The van der Waals surface area contributed by atoms with Gasteiger partial charge in [0.2, 0.25) is 0 Å². The first-order chi connectivity index (χ1) is 21.4. The van der Waals surface area contributed by atoms with Gasteiger partial charge in [-0.3, -0.25) is 0 Å². The van der Waals surface area contributed by atoms with Crippen LogP contribution in [0.3, 0.4) is 0 Å². The first kappa shape index (κ1) is 31.4. The van der Waals surface area contributed by atoms with Crippen LogP contribution in [0.1, 0.15) is 24.5 Å². The molecule has 0 N–H and O–H groups in total. The Morgan fingerprint density at radius 1 is 0.556 bits per heavy atom. The molecule has 230 valence electrons. The Labute approximate surface area is 251 Å². The van der Waals surface area contributed by atoms with E-state index < -0.39 is 69.3 Å². The van der Waals surface area contributed by atoms with E-state index in [4.69, 9.17) is 0 Å².